The Bertz CT molecular complexity index is 462. The normalized spacial score (nSPS) is 11.1. The highest BCUT2D eigenvalue weighted by Crippen LogP contribution is 2.20. The Balaban J connectivity index is 2.79. The second-order valence-electron chi connectivity index (χ2n) is 3.12. The molecule has 74 valence electrons. The molecule has 0 saturated carbocycles. The third kappa shape index (κ3) is 1.29. The maximum atomic E-state index is 6.19. The summed E-state index contributed by atoms with van der Waals surface area (Å²) < 4.78 is 1.90. The van der Waals surface area contributed by atoms with E-state index in [2.05, 4.69) is 4.98 Å². The lowest BCUT2D eigenvalue weighted by atomic mass is 10.3. The molecule has 0 saturated heterocycles. The molecule has 0 radical (unpaired) electrons. The van der Waals surface area contributed by atoms with E-state index in [9.17, 15) is 0 Å². The van der Waals surface area contributed by atoms with Gasteiger partial charge in [0.15, 0.2) is 0 Å². The van der Waals surface area contributed by atoms with Crippen LogP contribution in [0.5, 0.6) is 0 Å². The van der Waals surface area contributed by atoms with Crippen LogP contribution < -0.4 is 5.73 Å². The van der Waals surface area contributed by atoms with Gasteiger partial charge in [-0.05, 0) is 18.6 Å². The highest BCUT2D eigenvalue weighted by atomic mass is 35.5. The van der Waals surface area contributed by atoms with Crippen LogP contribution in [-0.4, -0.2) is 9.38 Å². The summed E-state index contributed by atoms with van der Waals surface area (Å²) in [5.74, 6) is 0. The summed E-state index contributed by atoms with van der Waals surface area (Å²) >= 11 is 6.19. The third-order valence-electron chi connectivity index (χ3n) is 2.28. The van der Waals surface area contributed by atoms with Gasteiger partial charge in [0.05, 0.1) is 5.69 Å². The van der Waals surface area contributed by atoms with Crippen molar-refractivity contribution in [3.63, 3.8) is 0 Å². The van der Waals surface area contributed by atoms with Gasteiger partial charge in [0, 0.05) is 12.2 Å². The molecule has 0 bridgehead atoms. The van der Waals surface area contributed by atoms with Gasteiger partial charge >= 0.3 is 0 Å². The van der Waals surface area contributed by atoms with Crippen LogP contribution in [0.2, 0.25) is 5.15 Å². The molecule has 0 atom stereocenters. The molecule has 2 rings (SSSR count). The van der Waals surface area contributed by atoms with Gasteiger partial charge in [0.1, 0.15) is 10.8 Å². The van der Waals surface area contributed by atoms with Crippen molar-refractivity contribution in [1.29, 1.82) is 0 Å². The number of pyridine rings is 1. The molecule has 0 aliphatic rings. The number of hydrogen-bond acceptors (Lipinski definition) is 2. The van der Waals surface area contributed by atoms with E-state index in [0.29, 0.717) is 11.7 Å². The van der Waals surface area contributed by atoms with Gasteiger partial charge in [-0.15, -0.1) is 0 Å². The lowest BCUT2D eigenvalue weighted by Crippen LogP contribution is -2.03. The number of fused-ring (bicyclic) bond motifs is 1. The zero-order chi connectivity index (χ0) is 10.1. The van der Waals surface area contributed by atoms with E-state index in [-0.39, 0.29) is 0 Å². The Morgan fingerprint density at radius 3 is 2.93 bits per heavy atom. The van der Waals surface area contributed by atoms with E-state index in [4.69, 9.17) is 17.3 Å². The van der Waals surface area contributed by atoms with Gasteiger partial charge in [-0.25, -0.2) is 4.98 Å². The molecule has 0 amide bonds. The topological polar surface area (TPSA) is 43.3 Å². The zero-order valence-corrected chi connectivity index (χ0v) is 8.75. The second-order valence-corrected chi connectivity index (χ2v) is 3.48. The first kappa shape index (κ1) is 9.49. The Hall–Kier alpha value is -1.06. The van der Waals surface area contributed by atoms with Crippen LogP contribution in [0.1, 0.15) is 18.3 Å². The summed E-state index contributed by atoms with van der Waals surface area (Å²) in [5, 5.41) is 0.684. The molecule has 0 fully saturated rings. The monoisotopic (exact) mass is 209 g/mol. The quantitative estimate of drug-likeness (QED) is 0.823. The number of hydrogen-bond donors (Lipinski definition) is 1. The van der Waals surface area contributed by atoms with Crippen molar-refractivity contribution in [1.82, 2.24) is 9.38 Å². The maximum absolute atomic E-state index is 6.19. The average molecular weight is 210 g/mol. The van der Waals surface area contributed by atoms with Crippen LogP contribution in [0.4, 0.5) is 0 Å². The smallest absolute Gasteiger partial charge is 0.138 e. The molecule has 0 spiro atoms. The molecule has 0 unspecified atom stereocenters. The highest BCUT2D eigenvalue weighted by molar-refractivity contribution is 6.30. The molecular weight excluding hydrogens is 198 g/mol. The van der Waals surface area contributed by atoms with Crippen LogP contribution in [0, 0.1) is 0 Å². The van der Waals surface area contributed by atoms with E-state index in [0.717, 1.165) is 23.5 Å². The van der Waals surface area contributed by atoms with E-state index in [1.165, 1.54) is 0 Å². The number of nitrogens with two attached hydrogens (primary N) is 1. The molecule has 2 aromatic heterocycles. The summed E-state index contributed by atoms with van der Waals surface area (Å²) in [4.78, 5) is 4.41. The van der Waals surface area contributed by atoms with Crippen molar-refractivity contribution in [3.05, 3.63) is 34.7 Å². The molecule has 0 aromatic carbocycles. The number of rotatable bonds is 2. The van der Waals surface area contributed by atoms with Crippen molar-refractivity contribution in [2.24, 2.45) is 5.73 Å². The number of halogens is 1. The summed E-state index contributed by atoms with van der Waals surface area (Å²) in [5.41, 5.74) is 8.41. The molecule has 2 N–H and O–H groups in total. The fraction of sp³-hybridized carbons (Fsp3) is 0.300. The minimum absolute atomic E-state index is 0.469. The Morgan fingerprint density at radius 2 is 2.29 bits per heavy atom. The second kappa shape index (κ2) is 3.59. The van der Waals surface area contributed by atoms with Crippen LogP contribution >= 0.6 is 11.6 Å². The van der Waals surface area contributed by atoms with Crippen LogP contribution in [-0.2, 0) is 13.0 Å². The zero-order valence-electron chi connectivity index (χ0n) is 8.00. The molecule has 3 nitrogen and oxygen atoms in total. The third-order valence-corrected chi connectivity index (χ3v) is 2.67. The summed E-state index contributed by atoms with van der Waals surface area (Å²) in [7, 11) is 0. The molecule has 4 heteroatoms. The molecule has 0 aliphatic carbocycles. The summed E-state index contributed by atoms with van der Waals surface area (Å²) in [6.45, 7) is 2.51. The van der Waals surface area contributed by atoms with Crippen molar-refractivity contribution in [2.45, 2.75) is 19.9 Å². The standard InChI is InChI=1S/C10H12ClN3/c1-2-8-10(11)14-7(6-12)4-3-5-9(14)13-8/h3-5H,2,6,12H2,1H3. The molecular formula is C10H12ClN3. The first-order valence-electron chi connectivity index (χ1n) is 4.62. The first-order valence-corrected chi connectivity index (χ1v) is 5.00. The van der Waals surface area contributed by atoms with E-state index in [1.807, 2.05) is 29.5 Å². The predicted octanol–water partition coefficient (Wildman–Crippen LogP) is 2.01. The van der Waals surface area contributed by atoms with E-state index in [1.54, 1.807) is 0 Å². The summed E-state index contributed by atoms with van der Waals surface area (Å²) in [6, 6.07) is 5.84. The minimum atomic E-state index is 0.469. The van der Waals surface area contributed by atoms with Crippen molar-refractivity contribution >= 4 is 17.2 Å². The predicted molar refractivity (Wildman–Crippen MR) is 57.5 cm³/mol. The SMILES string of the molecule is CCc1nc2cccc(CN)n2c1Cl. The highest BCUT2D eigenvalue weighted by Gasteiger charge is 2.09. The van der Waals surface area contributed by atoms with Gasteiger partial charge in [-0.3, -0.25) is 4.40 Å². The van der Waals surface area contributed by atoms with Gasteiger partial charge in [-0.2, -0.15) is 0 Å². The first-order chi connectivity index (χ1) is 6.77. The molecule has 14 heavy (non-hydrogen) atoms. The molecule has 0 aliphatic heterocycles. The van der Waals surface area contributed by atoms with Gasteiger partial charge in [-0.1, -0.05) is 24.6 Å². The van der Waals surface area contributed by atoms with E-state index < -0.39 is 0 Å². The fourth-order valence-corrected chi connectivity index (χ4v) is 1.92. The van der Waals surface area contributed by atoms with Gasteiger partial charge in [0.25, 0.3) is 0 Å². The van der Waals surface area contributed by atoms with Crippen LogP contribution in [0.15, 0.2) is 18.2 Å². The van der Waals surface area contributed by atoms with Gasteiger partial charge < -0.3 is 5.73 Å². The Labute approximate surface area is 87.5 Å². The lowest BCUT2D eigenvalue weighted by Gasteiger charge is -2.02. The Morgan fingerprint density at radius 1 is 1.50 bits per heavy atom. The molecule has 2 aromatic rings. The van der Waals surface area contributed by atoms with Crippen molar-refractivity contribution in [3.8, 4) is 0 Å². The minimum Gasteiger partial charge on any atom is -0.325 e. The Kier molecular flexibility index (Phi) is 2.44. The molecule has 2 heterocycles. The van der Waals surface area contributed by atoms with E-state index >= 15 is 0 Å². The maximum Gasteiger partial charge on any atom is 0.138 e. The average Bonchev–Trinajstić information content (AvgIpc) is 2.55. The van der Waals surface area contributed by atoms with Crippen LogP contribution in [0.3, 0.4) is 0 Å². The number of imidazole rings is 1. The number of aryl methyl sites for hydroxylation is 1. The summed E-state index contributed by atoms with van der Waals surface area (Å²) in [6.07, 6.45) is 0.838. The van der Waals surface area contributed by atoms with Crippen LogP contribution in [0.25, 0.3) is 5.65 Å². The van der Waals surface area contributed by atoms with Gasteiger partial charge in [0.2, 0.25) is 0 Å². The number of nitrogens with zero attached hydrogens (tertiary/aromatic N) is 2. The van der Waals surface area contributed by atoms with Crippen molar-refractivity contribution in [2.75, 3.05) is 0 Å². The van der Waals surface area contributed by atoms with Crippen molar-refractivity contribution < 1.29 is 0 Å². The fourth-order valence-electron chi connectivity index (χ4n) is 1.55. The lowest BCUT2D eigenvalue weighted by molar-refractivity contribution is 0.944. The number of aromatic nitrogens is 2. The largest absolute Gasteiger partial charge is 0.325 e.